The second-order valence-corrected chi connectivity index (χ2v) is 42.3. The van der Waals surface area contributed by atoms with E-state index in [9.17, 15) is 0 Å². The van der Waals surface area contributed by atoms with Crippen LogP contribution in [0.25, 0.3) is 0 Å². The third kappa shape index (κ3) is 48.8. The van der Waals surface area contributed by atoms with Crippen LogP contribution in [0.15, 0.2) is 84.6 Å². The van der Waals surface area contributed by atoms with E-state index in [1.807, 2.05) is 0 Å². The molecule has 0 saturated carbocycles. The molecule has 0 spiro atoms. The number of nitrogens with zero attached hydrogens (tertiary/aromatic N) is 11. The lowest BCUT2D eigenvalue weighted by atomic mass is 9.91. The first-order valence-corrected chi connectivity index (χ1v) is 49.9. The molecule has 5 atom stereocenters. The zero-order valence-electron chi connectivity index (χ0n) is 85.5. The van der Waals surface area contributed by atoms with E-state index >= 15 is 0 Å². The van der Waals surface area contributed by atoms with Crippen LogP contribution in [-0.4, -0.2) is 225 Å². The summed E-state index contributed by atoms with van der Waals surface area (Å²) in [6.45, 7) is 101. The van der Waals surface area contributed by atoms with Crippen molar-refractivity contribution in [3.05, 3.63) is 84.6 Å². The van der Waals surface area contributed by atoms with Crippen LogP contribution in [0.4, 0.5) is 0 Å². The highest BCUT2D eigenvalue weighted by Gasteiger charge is 2.27. The SMILES string of the molecule is CC(C)C1=CCCCN(C(C)C)C1.CC(C)C1=CN(C(C)C)CCCC1.CC(C)C1C=CCCN(C(C)C)C1.CC(C)C1CC=CCN(C(C)C)C1.CC(C)C1CCC=CN(C(C)C)C1.CC(C)C1CCCC=CN1C(C)C.CC(C)C1CCCCN(C(C)C)C1.CC(C)N1C=CCCN(C(C)C)C1.CC(C)N1CCCCN(C(C)C)C1. The molecule has 5 unspecified atom stereocenters. The topological polar surface area (TPSA) is 35.6 Å². The highest BCUT2D eigenvalue weighted by atomic mass is 15.3. The van der Waals surface area contributed by atoms with Crippen LogP contribution >= 0.6 is 0 Å². The molecule has 0 aliphatic carbocycles. The minimum Gasteiger partial charge on any atom is -0.375 e. The summed E-state index contributed by atoms with van der Waals surface area (Å²) in [6, 6.07) is 8.16. The van der Waals surface area contributed by atoms with Gasteiger partial charge in [0.2, 0.25) is 0 Å². The Kier molecular flexibility index (Phi) is 60.4. The lowest BCUT2D eigenvalue weighted by Crippen LogP contribution is -2.43. The molecular weight excluding hydrogens is 1430 g/mol. The van der Waals surface area contributed by atoms with Gasteiger partial charge in [-0.3, -0.25) is 24.5 Å². The first-order chi connectivity index (χ1) is 55.0. The summed E-state index contributed by atoms with van der Waals surface area (Å²) >= 11 is 0. The van der Waals surface area contributed by atoms with Crippen molar-refractivity contribution in [2.75, 3.05) is 98.4 Å². The fraction of sp³-hybridized carbons (Fsp3) is 0.868. The van der Waals surface area contributed by atoms with Crippen LogP contribution in [0.3, 0.4) is 0 Å². The predicted molar refractivity (Wildman–Crippen MR) is 526 cm³/mol. The zero-order valence-corrected chi connectivity index (χ0v) is 85.5. The van der Waals surface area contributed by atoms with Crippen LogP contribution in [0, 0.1) is 65.1 Å². The summed E-state index contributed by atoms with van der Waals surface area (Å²) in [5.41, 5.74) is 3.26. The molecule has 688 valence electrons. The molecule has 0 aromatic carbocycles. The molecule has 0 bridgehead atoms. The van der Waals surface area contributed by atoms with Crippen molar-refractivity contribution < 1.29 is 0 Å². The Balaban J connectivity index is 0.000000658. The maximum absolute atomic E-state index is 2.65. The summed E-state index contributed by atoms with van der Waals surface area (Å²) in [6.07, 6.45) is 51.9. The van der Waals surface area contributed by atoms with Crippen molar-refractivity contribution in [2.24, 2.45) is 65.1 Å². The summed E-state index contributed by atoms with van der Waals surface area (Å²) in [5, 5.41) is 0. The Hall–Kier alpha value is -2.90. The van der Waals surface area contributed by atoms with E-state index in [0.717, 1.165) is 97.1 Å². The molecule has 2 saturated heterocycles. The van der Waals surface area contributed by atoms with Gasteiger partial charge >= 0.3 is 0 Å². The first kappa shape index (κ1) is 112. The Morgan fingerprint density at radius 2 is 0.744 bits per heavy atom. The number of rotatable bonds is 18. The van der Waals surface area contributed by atoms with E-state index in [1.165, 1.54) is 194 Å². The van der Waals surface area contributed by atoms with Gasteiger partial charge < -0.3 is 29.4 Å². The minimum absolute atomic E-state index is 0.607. The summed E-state index contributed by atoms with van der Waals surface area (Å²) in [4.78, 5) is 27.9. The molecule has 9 heterocycles. The molecule has 11 heteroatoms. The molecule has 0 aromatic rings. The van der Waals surface area contributed by atoms with E-state index in [-0.39, 0.29) is 0 Å². The summed E-state index contributed by atoms with van der Waals surface area (Å²) < 4.78 is 0. The predicted octanol–water partition coefficient (Wildman–Crippen LogP) is 26.6. The van der Waals surface area contributed by atoms with Crippen LogP contribution in [0.2, 0.25) is 0 Å². The summed E-state index contributed by atoms with van der Waals surface area (Å²) in [7, 11) is 0. The third-order valence-electron chi connectivity index (χ3n) is 26.8. The maximum atomic E-state index is 2.65. The van der Waals surface area contributed by atoms with E-state index in [1.54, 1.807) is 11.1 Å². The second-order valence-electron chi connectivity index (χ2n) is 42.3. The van der Waals surface area contributed by atoms with Crippen LogP contribution < -0.4 is 0 Å². The Morgan fingerprint density at radius 1 is 0.282 bits per heavy atom. The number of hydrogen-bond acceptors (Lipinski definition) is 11. The molecule has 0 aromatic heterocycles. The van der Waals surface area contributed by atoms with Crippen LogP contribution in [0.5, 0.6) is 0 Å². The van der Waals surface area contributed by atoms with Crippen molar-refractivity contribution >= 4 is 0 Å². The van der Waals surface area contributed by atoms with Crippen molar-refractivity contribution in [2.45, 2.75) is 437 Å². The van der Waals surface area contributed by atoms with Gasteiger partial charge in [0.05, 0.1) is 13.3 Å². The molecular formula is C106H209N11. The standard InChI is InChI=1S/C12H25N.6C12H23N.C11H24N2.C11H22N2/c6*1-10(2)12-7-5-6-8-13(9-12)11(3)4;1-10(2)12-8-6-5-7-9-13(12)11(3)4;2*1-10(2)12-7-5-6-8-13(9-12)11(3)4/h10-12H,5-9H2,1-4H3;9-11H,5-8H2,1-4H3;7,10-11H,5-6,8-9H2,1-4H3;6,8,10-12H,5,7,9H2,1-4H3;5,7,10-12H,6,8-9H2,1-4H3;5-6,10-12H,7-9H2,1-4H3;7,9-12H,5-6,8H2,1-4H3;10-11H,5-9H2,1-4H3;5,7,10-11H,6,8-9H2,1-4H3. The highest BCUT2D eigenvalue weighted by molar-refractivity contribution is 5.10. The van der Waals surface area contributed by atoms with E-state index in [2.05, 4.69) is 377 Å². The molecule has 0 amide bonds. The third-order valence-corrected chi connectivity index (χ3v) is 26.8. The average molecular weight is 1640 g/mol. The van der Waals surface area contributed by atoms with Crippen molar-refractivity contribution in [1.82, 2.24) is 53.9 Å². The second kappa shape index (κ2) is 63.1. The Labute approximate surface area is 735 Å². The van der Waals surface area contributed by atoms with E-state index in [4.69, 9.17) is 0 Å². The smallest absolute Gasteiger partial charge is 0.0706 e. The monoisotopic (exact) mass is 1640 g/mol. The van der Waals surface area contributed by atoms with Gasteiger partial charge in [-0.15, -0.1) is 0 Å². The molecule has 9 aliphatic heterocycles. The fourth-order valence-electron chi connectivity index (χ4n) is 16.9. The lowest BCUT2D eigenvalue weighted by molar-refractivity contribution is 0.104. The van der Waals surface area contributed by atoms with E-state index < -0.39 is 0 Å². The Bertz CT molecular complexity index is 2400. The fourth-order valence-corrected chi connectivity index (χ4v) is 16.9. The number of allylic oxidation sites excluding steroid dienone is 5. The van der Waals surface area contributed by atoms with Gasteiger partial charge in [-0.2, -0.15) is 0 Å². The molecule has 9 rings (SSSR count). The van der Waals surface area contributed by atoms with Gasteiger partial charge in [0, 0.05) is 131 Å². The molecule has 0 N–H and O–H groups in total. The molecule has 11 nitrogen and oxygen atoms in total. The normalized spacial score (nSPS) is 23.2. The molecule has 117 heavy (non-hydrogen) atoms. The highest BCUT2D eigenvalue weighted by Crippen LogP contribution is 2.29. The van der Waals surface area contributed by atoms with Crippen molar-refractivity contribution in [3.8, 4) is 0 Å². The van der Waals surface area contributed by atoms with Gasteiger partial charge in [-0.05, 0) is 378 Å². The van der Waals surface area contributed by atoms with Gasteiger partial charge in [-0.25, -0.2) is 0 Å². The van der Waals surface area contributed by atoms with Crippen molar-refractivity contribution in [3.63, 3.8) is 0 Å². The van der Waals surface area contributed by atoms with Gasteiger partial charge in [-0.1, -0.05) is 163 Å². The van der Waals surface area contributed by atoms with Gasteiger partial charge in [0.1, 0.15) is 0 Å². The maximum Gasteiger partial charge on any atom is 0.0706 e. The number of likely N-dealkylation sites (tertiary alicyclic amines) is 1. The largest absolute Gasteiger partial charge is 0.375 e. The first-order valence-electron chi connectivity index (χ1n) is 49.9. The molecule has 2 fully saturated rings. The van der Waals surface area contributed by atoms with E-state index in [0.29, 0.717) is 60.4 Å². The van der Waals surface area contributed by atoms with Gasteiger partial charge in [0.25, 0.3) is 0 Å². The average Bonchev–Trinajstić information content (AvgIpc) is 1.85. The Morgan fingerprint density at radius 3 is 1.26 bits per heavy atom. The van der Waals surface area contributed by atoms with Crippen LogP contribution in [-0.2, 0) is 0 Å². The zero-order chi connectivity index (χ0) is 88.6. The molecule has 0 radical (unpaired) electrons. The van der Waals surface area contributed by atoms with Crippen molar-refractivity contribution in [1.29, 1.82) is 0 Å². The number of hydrogen-bond donors (Lipinski definition) is 0. The molecule has 9 aliphatic rings. The summed E-state index contributed by atoms with van der Waals surface area (Å²) in [5.74, 6) is 8.89. The quantitative estimate of drug-likeness (QED) is 0.123. The lowest BCUT2D eigenvalue weighted by Gasteiger charge is -2.35. The van der Waals surface area contributed by atoms with Gasteiger partial charge in [0.15, 0.2) is 0 Å². The van der Waals surface area contributed by atoms with Crippen LogP contribution in [0.1, 0.15) is 365 Å². The minimum atomic E-state index is 0.607.